The SMILES string of the molecule is CN(C)C(=O)c1ccc(N2CCC(NCc3csc(-c4ccccc4)n3)CC2)cc1. The van der Waals surface area contributed by atoms with E-state index in [4.69, 9.17) is 4.98 Å². The van der Waals surface area contributed by atoms with Crippen LogP contribution in [0.5, 0.6) is 0 Å². The molecule has 0 aliphatic carbocycles. The molecule has 1 amide bonds. The maximum atomic E-state index is 12.0. The van der Waals surface area contributed by atoms with Gasteiger partial charge in [0.05, 0.1) is 5.69 Å². The molecule has 0 atom stereocenters. The topological polar surface area (TPSA) is 48.5 Å². The third-order valence-electron chi connectivity index (χ3n) is 5.52. The molecule has 0 radical (unpaired) electrons. The van der Waals surface area contributed by atoms with Gasteiger partial charge >= 0.3 is 0 Å². The summed E-state index contributed by atoms with van der Waals surface area (Å²) in [5, 5.41) is 6.91. The van der Waals surface area contributed by atoms with E-state index in [-0.39, 0.29) is 5.91 Å². The summed E-state index contributed by atoms with van der Waals surface area (Å²) in [6.45, 7) is 2.85. The zero-order chi connectivity index (χ0) is 20.9. The van der Waals surface area contributed by atoms with Crippen LogP contribution in [0.2, 0.25) is 0 Å². The van der Waals surface area contributed by atoms with Crippen LogP contribution in [-0.4, -0.2) is 49.0 Å². The molecule has 4 rings (SSSR count). The van der Waals surface area contributed by atoms with Crippen LogP contribution < -0.4 is 10.2 Å². The van der Waals surface area contributed by atoms with Crippen molar-refractivity contribution < 1.29 is 4.79 Å². The van der Waals surface area contributed by atoms with Crippen LogP contribution in [0.15, 0.2) is 60.0 Å². The molecule has 0 spiro atoms. The van der Waals surface area contributed by atoms with Crippen LogP contribution in [0.3, 0.4) is 0 Å². The van der Waals surface area contributed by atoms with E-state index in [2.05, 4.69) is 52.0 Å². The molecule has 30 heavy (non-hydrogen) atoms. The van der Waals surface area contributed by atoms with Gasteiger partial charge in [-0.25, -0.2) is 4.98 Å². The Hall–Kier alpha value is -2.70. The van der Waals surface area contributed by atoms with Crippen molar-refractivity contribution in [2.24, 2.45) is 0 Å². The fourth-order valence-corrected chi connectivity index (χ4v) is 4.59. The second-order valence-electron chi connectivity index (χ2n) is 7.90. The molecule has 2 heterocycles. The highest BCUT2D eigenvalue weighted by Gasteiger charge is 2.20. The molecule has 0 saturated carbocycles. The van der Waals surface area contributed by atoms with E-state index in [0.29, 0.717) is 6.04 Å². The Morgan fingerprint density at radius 3 is 2.47 bits per heavy atom. The van der Waals surface area contributed by atoms with E-state index >= 15 is 0 Å². The predicted octanol–water partition coefficient (Wildman–Crippen LogP) is 4.27. The van der Waals surface area contributed by atoms with Gasteiger partial charge in [-0.1, -0.05) is 30.3 Å². The van der Waals surface area contributed by atoms with Gasteiger partial charge in [0.1, 0.15) is 5.01 Å². The number of thiazole rings is 1. The Kier molecular flexibility index (Phi) is 6.45. The highest BCUT2D eigenvalue weighted by molar-refractivity contribution is 7.13. The zero-order valence-corrected chi connectivity index (χ0v) is 18.4. The van der Waals surface area contributed by atoms with Crippen LogP contribution in [0.25, 0.3) is 10.6 Å². The van der Waals surface area contributed by atoms with E-state index in [0.717, 1.165) is 48.7 Å². The molecule has 1 saturated heterocycles. The normalized spacial score (nSPS) is 14.7. The molecule has 5 nitrogen and oxygen atoms in total. The summed E-state index contributed by atoms with van der Waals surface area (Å²) in [5.41, 5.74) is 4.22. The third kappa shape index (κ3) is 4.89. The van der Waals surface area contributed by atoms with E-state index in [1.165, 1.54) is 11.3 Å². The number of carbonyl (C=O) groups excluding carboxylic acids is 1. The van der Waals surface area contributed by atoms with E-state index in [1.54, 1.807) is 30.3 Å². The molecular formula is C24H28N4OS. The fraction of sp³-hybridized carbons (Fsp3) is 0.333. The summed E-state index contributed by atoms with van der Waals surface area (Å²) in [5.74, 6) is 0.0434. The first kappa shape index (κ1) is 20.6. The van der Waals surface area contributed by atoms with E-state index in [1.807, 2.05) is 18.2 Å². The smallest absolute Gasteiger partial charge is 0.253 e. The minimum Gasteiger partial charge on any atom is -0.371 e. The largest absolute Gasteiger partial charge is 0.371 e. The lowest BCUT2D eigenvalue weighted by molar-refractivity contribution is 0.0827. The first-order chi connectivity index (χ1) is 14.6. The van der Waals surface area contributed by atoms with Gasteiger partial charge in [0.15, 0.2) is 0 Å². The number of nitrogens with one attached hydrogen (secondary N) is 1. The molecule has 1 aliphatic heterocycles. The highest BCUT2D eigenvalue weighted by atomic mass is 32.1. The van der Waals surface area contributed by atoms with Gasteiger partial charge in [0, 0.05) is 62.0 Å². The minimum absolute atomic E-state index is 0.0434. The Labute approximate surface area is 182 Å². The Morgan fingerprint density at radius 2 is 1.80 bits per heavy atom. The van der Waals surface area contributed by atoms with Gasteiger partial charge in [-0.3, -0.25) is 4.79 Å². The molecule has 1 aliphatic rings. The minimum atomic E-state index is 0.0434. The second kappa shape index (κ2) is 9.41. The molecule has 156 valence electrons. The first-order valence-electron chi connectivity index (χ1n) is 10.4. The monoisotopic (exact) mass is 420 g/mol. The van der Waals surface area contributed by atoms with Crippen LogP contribution in [-0.2, 0) is 6.54 Å². The maximum absolute atomic E-state index is 12.0. The lowest BCUT2D eigenvalue weighted by Crippen LogP contribution is -2.42. The predicted molar refractivity (Wildman–Crippen MR) is 124 cm³/mol. The van der Waals surface area contributed by atoms with E-state index in [9.17, 15) is 4.79 Å². The van der Waals surface area contributed by atoms with Crippen molar-refractivity contribution in [2.75, 3.05) is 32.1 Å². The van der Waals surface area contributed by atoms with Crippen molar-refractivity contribution in [1.29, 1.82) is 0 Å². The summed E-state index contributed by atoms with van der Waals surface area (Å²) < 4.78 is 0. The zero-order valence-electron chi connectivity index (χ0n) is 17.5. The van der Waals surface area contributed by atoms with Gasteiger partial charge in [-0.15, -0.1) is 11.3 Å². The summed E-state index contributed by atoms with van der Waals surface area (Å²) in [4.78, 5) is 20.8. The van der Waals surface area contributed by atoms with Crippen molar-refractivity contribution in [2.45, 2.75) is 25.4 Å². The number of hydrogen-bond acceptors (Lipinski definition) is 5. The lowest BCUT2D eigenvalue weighted by atomic mass is 10.0. The van der Waals surface area contributed by atoms with Crippen molar-refractivity contribution in [1.82, 2.24) is 15.2 Å². The second-order valence-corrected chi connectivity index (χ2v) is 8.76. The van der Waals surface area contributed by atoms with Crippen LogP contribution in [0.4, 0.5) is 5.69 Å². The molecule has 1 N–H and O–H groups in total. The quantitative estimate of drug-likeness (QED) is 0.647. The average Bonchev–Trinajstić information content (AvgIpc) is 3.27. The summed E-state index contributed by atoms with van der Waals surface area (Å²) >= 11 is 1.71. The molecular weight excluding hydrogens is 392 g/mol. The number of benzene rings is 2. The number of rotatable bonds is 6. The van der Waals surface area contributed by atoms with Crippen LogP contribution >= 0.6 is 11.3 Å². The molecule has 0 unspecified atom stereocenters. The Morgan fingerprint density at radius 1 is 1.10 bits per heavy atom. The van der Waals surface area contributed by atoms with Gasteiger partial charge in [-0.05, 0) is 37.1 Å². The van der Waals surface area contributed by atoms with Crippen LogP contribution in [0, 0.1) is 0 Å². The van der Waals surface area contributed by atoms with E-state index < -0.39 is 0 Å². The number of carbonyl (C=O) groups is 1. The highest BCUT2D eigenvalue weighted by Crippen LogP contribution is 2.24. The van der Waals surface area contributed by atoms with Crippen molar-refractivity contribution in [3.63, 3.8) is 0 Å². The van der Waals surface area contributed by atoms with Crippen molar-refractivity contribution >= 4 is 22.9 Å². The summed E-state index contributed by atoms with van der Waals surface area (Å²) in [6, 6.07) is 18.8. The molecule has 6 heteroatoms. The lowest BCUT2D eigenvalue weighted by Gasteiger charge is -2.34. The van der Waals surface area contributed by atoms with Gasteiger partial charge in [0.2, 0.25) is 0 Å². The first-order valence-corrected chi connectivity index (χ1v) is 11.3. The maximum Gasteiger partial charge on any atom is 0.253 e. The Balaban J connectivity index is 1.26. The summed E-state index contributed by atoms with van der Waals surface area (Å²) in [6.07, 6.45) is 2.21. The number of nitrogens with zero attached hydrogens (tertiary/aromatic N) is 3. The Bertz CT molecular complexity index is 960. The number of piperidine rings is 1. The standard InChI is InChI=1S/C24H28N4OS/c1-27(2)24(29)19-8-10-22(11-9-19)28-14-12-20(13-15-28)25-16-21-17-30-23(26-21)18-6-4-3-5-7-18/h3-11,17,20,25H,12-16H2,1-2H3. The number of amides is 1. The fourth-order valence-electron chi connectivity index (χ4n) is 3.77. The van der Waals surface area contributed by atoms with Gasteiger partial charge in [-0.2, -0.15) is 0 Å². The van der Waals surface area contributed by atoms with Crippen molar-refractivity contribution in [3.05, 3.63) is 71.2 Å². The number of hydrogen-bond donors (Lipinski definition) is 1. The number of aromatic nitrogens is 1. The summed E-state index contributed by atoms with van der Waals surface area (Å²) in [7, 11) is 3.56. The van der Waals surface area contributed by atoms with Crippen molar-refractivity contribution in [3.8, 4) is 10.6 Å². The average molecular weight is 421 g/mol. The third-order valence-corrected chi connectivity index (χ3v) is 6.47. The van der Waals surface area contributed by atoms with Crippen LogP contribution in [0.1, 0.15) is 28.9 Å². The van der Waals surface area contributed by atoms with Gasteiger partial charge < -0.3 is 15.1 Å². The molecule has 1 aromatic heterocycles. The molecule has 3 aromatic rings. The number of anilines is 1. The molecule has 1 fully saturated rings. The molecule has 0 bridgehead atoms. The van der Waals surface area contributed by atoms with Gasteiger partial charge in [0.25, 0.3) is 5.91 Å². The molecule has 2 aromatic carbocycles.